The van der Waals surface area contributed by atoms with Crippen molar-refractivity contribution in [3.8, 4) is 0 Å². The first-order chi connectivity index (χ1) is 32.5. The average Bonchev–Trinajstić information content (AvgIpc) is 3.31. The van der Waals surface area contributed by atoms with Crippen LogP contribution in [0.3, 0.4) is 0 Å². The number of carbonyl (C=O) groups excluding carboxylic acids is 3. The Kier molecular flexibility index (Phi) is 52.3. The molecule has 0 rings (SSSR count). The molecule has 6 nitrogen and oxygen atoms in total. The number of ether oxygens (including phenoxy) is 3. The highest BCUT2D eigenvalue weighted by molar-refractivity contribution is 5.71. The fourth-order valence-electron chi connectivity index (χ4n) is 8.04. The molecular weight excluding hydrogens is 817 g/mol. The maximum atomic E-state index is 12.7. The Hall–Kier alpha value is -2.89. The van der Waals surface area contributed by atoms with E-state index in [1.54, 1.807) is 0 Å². The van der Waals surface area contributed by atoms with Crippen LogP contribution in [0.1, 0.15) is 284 Å². The lowest BCUT2D eigenvalue weighted by Gasteiger charge is -2.18. The van der Waals surface area contributed by atoms with Crippen molar-refractivity contribution in [1.29, 1.82) is 0 Å². The average molecular weight is 924 g/mol. The molecule has 0 aliphatic heterocycles. The lowest BCUT2D eigenvalue weighted by atomic mass is 10.0. The molecule has 0 amide bonds. The Balaban J connectivity index is 4.03. The molecule has 0 N–H and O–H groups in total. The molecule has 0 aromatic carbocycles. The van der Waals surface area contributed by atoms with Gasteiger partial charge in [-0.1, -0.05) is 255 Å². The van der Waals surface area contributed by atoms with E-state index < -0.39 is 6.10 Å². The fourth-order valence-corrected chi connectivity index (χ4v) is 8.04. The summed E-state index contributed by atoms with van der Waals surface area (Å²) in [6, 6.07) is 0. The van der Waals surface area contributed by atoms with E-state index in [4.69, 9.17) is 14.2 Å². The van der Waals surface area contributed by atoms with E-state index in [0.717, 1.165) is 64.2 Å². The number of hydrogen-bond donors (Lipinski definition) is 0. The molecule has 1 unspecified atom stereocenters. The topological polar surface area (TPSA) is 78.9 Å². The lowest BCUT2D eigenvalue weighted by molar-refractivity contribution is -0.166. The highest BCUT2D eigenvalue weighted by atomic mass is 16.6. The maximum absolute atomic E-state index is 12.7. The zero-order valence-electron chi connectivity index (χ0n) is 43.7. The van der Waals surface area contributed by atoms with Crippen molar-refractivity contribution < 1.29 is 28.6 Å². The summed E-state index contributed by atoms with van der Waals surface area (Å²) < 4.78 is 16.6. The lowest BCUT2D eigenvalue weighted by Crippen LogP contribution is -2.30. The summed E-state index contributed by atoms with van der Waals surface area (Å²) in [7, 11) is 0. The van der Waals surface area contributed by atoms with Gasteiger partial charge in [-0.3, -0.25) is 14.4 Å². The normalized spacial score (nSPS) is 12.5. The molecule has 0 saturated heterocycles. The van der Waals surface area contributed by atoms with E-state index >= 15 is 0 Å². The third-order valence-electron chi connectivity index (χ3n) is 12.3. The van der Waals surface area contributed by atoms with Gasteiger partial charge in [-0.15, -0.1) is 0 Å². The van der Waals surface area contributed by atoms with E-state index in [0.29, 0.717) is 19.3 Å². The number of rotatable bonds is 51. The molecule has 382 valence electrons. The zero-order chi connectivity index (χ0) is 47.9. The highest BCUT2D eigenvalue weighted by Gasteiger charge is 2.19. The Morgan fingerprint density at radius 2 is 0.621 bits per heavy atom. The minimum atomic E-state index is -0.806. The molecule has 0 aromatic rings. The van der Waals surface area contributed by atoms with Crippen LogP contribution in [0, 0.1) is 0 Å². The van der Waals surface area contributed by atoms with Gasteiger partial charge < -0.3 is 14.2 Å². The van der Waals surface area contributed by atoms with Gasteiger partial charge in [0.1, 0.15) is 13.2 Å². The largest absolute Gasteiger partial charge is 0.462 e. The van der Waals surface area contributed by atoms with Gasteiger partial charge in [-0.25, -0.2) is 0 Å². The predicted molar refractivity (Wildman–Crippen MR) is 284 cm³/mol. The van der Waals surface area contributed by atoms with E-state index in [1.165, 1.54) is 173 Å². The SMILES string of the molecule is CC/C=C\C/C=C\C/C=C\C/C=C\CCC(=O)OC(COC(=O)CCCCCCCC)COC(=O)CCCCCCCCCCCCCCCCCCC/C=C\CCCCCCCCCC. The Bertz CT molecular complexity index is 1200. The molecule has 0 aromatic heterocycles. The molecule has 0 radical (unpaired) electrons. The van der Waals surface area contributed by atoms with Gasteiger partial charge >= 0.3 is 17.9 Å². The van der Waals surface area contributed by atoms with Gasteiger partial charge in [0.2, 0.25) is 0 Å². The minimum absolute atomic E-state index is 0.101. The molecular formula is C60H106O6. The number of hydrogen-bond acceptors (Lipinski definition) is 6. The van der Waals surface area contributed by atoms with E-state index in [1.807, 2.05) is 12.2 Å². The van der Waals surface area contributed by atoms with Gasteiger partial charge in [0.25, 0.3) is 0 Å². The van der Waals surface area contributed by atoms with Gasteiger partial charge in [-0.2, -0.15) is 0 Å². The summed E-state index contributed by atoms with van der Waals surface area (Å²) in [4.78, 5) is 37.7. The third-order valence-corrected chi connectivity index (χ3v) is 12.3. The fraction of sp³-hybridized carbons (Fsp3) is 0.783. The van der Waals surface area contributed by atoms with Crippen LogP contribution in [-0.4, -0.2) is 37.2 Å². The van der Waals surface area contributed by atoms with Gasteiger partial charge in [0.15, 0.2) is 6.10 Å². The molecule has 6 heteroatoms. The summed E-state index contributed by atoms with van der Waals surface area (Å²) in [5.41, 5.74) is 0. The molecule has 0 saturated carbocycles. The summed E-state index contributed by atoms with van der Waals surface area (Å²) in [6.45, 7) is 6.41. The smallest absolute Gasteiger partial charge is 0.306 e. The second-order valence-electron chi connectivity index (χ2n) is 18.8. The van der Waals surface area contributed by atoms with Crippen molar-refractivity contribution in [3.63, 3.8) is 0 Å². The van der Waals surface area contributed by atoms with E-state index in [9.17, 15) is 14.4 Å². The quantitative estimate of drug-likeness (QED) is 0.0262. The summed E-state index contributed by atoms with van der Waals surface area (Å²) in [5.74, 6) is -0.987. The number of esters is 3. The van der Waals surface area contributed by atoms with Crippen molar-refractivity contribution in [1.82, 2.24) is 0 Å². The van der Waals surface area contributed by atoms with Crippen LogP contribution in [0.25, 0.3) is 0 Å². The molecule has 66 heavy (non-hydrogen) atoms. The standard InChI is InChI=1S/C60H106O6/c1-4-7-10-13-16-18-20-22-23-24-25-26-27-28-29-30-31-32-33-34-35-36-37-39-40-42-44-47-50-53-59(62)65-56-57(55-64-58(61)52-49-46-15-12-9-6-3)66-60(63)54-51-48-45-43-41-38-21-19-17-14-11-8-5-2/h8,11,17,19,24-25,38,41,45,48,57H,4-7,9-10,12-16,18,20-23,26-37,39-40,42-44,46-47,49-56H2,1-3H3/b11-8-,19-17-,25-24-,41-38-,48-45-. The minimum Gasteiger partial charge on any atom is -0.462 e. The highest BCUT2D eigenvalue weighted by Crippen LogP contribution is 2.16. The van der Waals surface area contributed by atoms with Crippen LogP contribution in [0.4, 0.5) is 0 Å². The summed E-state index contributed by atoms with van der Waals surface area (Å²) >= 11 is 0. The van der Waals surface area contributed by atoms with Crippen LogP contribution in [-0.2, 0) is 28.6 Å². The second kappa shape index (κ2) is 54.7. The Morgan fingerprint density at radius 3 is 0.985 bits per heavy atom. The van der Waals surface area contributed by atoms with Crippen molar-refractivity contribution in [2.75, 3.05) is 13.2 Å². The van der Waals surface area contributed by atoms with E-state index in [-0.39, 0.29) is 37.5 Å². The van der Waals surface area contributed by atoms with Crippen LogP contribution < -0.4 is 0 Å². The molecule has 0 bridgehead atoms. The van der Waals surface area contributed by atoms with Crippen LogP contribution in [0.2, 0.25) is 0 Å². The number of allylic oxidation sites excluding steroid dienone is 10. The second-order valence-corrected chi connectivity index (χ2v) is 18.8. The first-order valence-corrected chi connectivity index (χ1v) is 28.3. The number of carbonyl (C=O) groups is 3. The summed E-state index contributed by atoms with van der Waals surface area (Å²) in [5, 5.41) is 0. The summed E-state index contributed by atoms with van der Waals surface area (Å²) in [6.07, 6.45) is 68.6. The van der Waals surface area contributed by atoms with E-state index in [2.05, 4.69) is 69.4 Å². The molecule has 0 aliphatic rings. The number of unbranched alkanes of at least 4 members (excludes halogenated alkanes) is 30. The first-order valence-electron chi connectivity index (χ1n) is 28.3. The molecule has 1 atom stereocenters. The third kappa shape index (κ3) is 52.1. The molecule has 0 spiro atoms. The van der Waals surface area contributed by atoms with Crippen LogP contribution in [0.15, 0.2) is 60.8 Å². The van der Waals surface area contributed by atoms with Crippen molar-refractivity contribution in [2.24, 2.45) is 0 Å². The van der Waals surface area contributed by atoms with Crippen molar-refractivity contribution in [3.05, 3.63) is 60.8 Å². The van der Waals surface area contributed by atoms with Gasteiger partial charge in [0.05, 0.1) is 0 Å². The van der Waals surface area contributed by atoms with Gasteiger partial charge in [0, 0.05) is 19.3 Å². The molecule has 0 heterocycles. The Labute approximate surface area is 409 Å². The van der Waals surface area contributed by atoms with Gasteiger partial charge in [-0.05, 0) is 70.6 Å². The van der Waals surface area contributed by atoms with Crippen LogP contribution in [0.5, 0.6) is 0 Å². The monoisotopic (exact) mass is 923 g/mol. The van der Waals surface area contributed by atoms with Crippen LogP contribution >= 0.6 is 0 Å². The zero-order valence-corrected chi connectivity index (χ0v) is 43.7. The molecule has 0 aliphatic carbocycles. The van der Waals surface area contributed by atoms with Crippen molar-refractivity contribution >= 4 is 17.9 Å². The maximum Gasteiger partial charge on any atom is 0.306 e. The Morgan fingerprint density at radius 1 is 0.318 bits per heavy atom. The van der Waals surface area contributed by atoms with Crippen molar-refractivity contribution in [2.45, 2.75) is 290 Å². The predicted octanol–water partition coefficient (Wildman–Crippen LogP) is 18.8. The molecule has 0 fully saturated rings. The first kappa shape index (κ1) is 63.1.